The summed E-state index contributed by atoms with van der Waals surface area (Å²) in [5.74, 6) is 0.737. The molecular formula is C20H23N3O. The molecule has 24 heavy (non-hydrogen) atoms. The lowest BCUT2D eigenvalue weighted by molar-refractivity contribution is 0.276. The number of oxazole rings is 1. The highest BCUT2D eigenvalue weighted by molar-refractivity contribution is 5.63. The predicted octanol–water partition coefficient (Wildman–Crippen LogP) is 4.98. The van der Waals surface area contributed by atoms with Crippen LogP contribution in [0.1, 0.15) is 62.0 Å². The summed E-state index contributed by atoms with van der Waals surface area (Å²) < 4.78 is 7.79. The minimum Gasteiger partial charge on any atom is -0.432 e. The van der Waals surface area contributed by atoms with Crippen molar-refractivity contribution in [1.29, 1.82) is 0 Å². The van der Waals surface area contributed by atoms with Gasteiger partial charge in [-0.05, 0) is 38.3 Å². The fourth-order valence-corrected chi connectivity index (χ4v) is 5.05. The zero-order valence-corrected chi connectivity index (χ0v) is 14.3. The fraction of sp³-hybridized carbons (Fsp3) is 0.450. The van der Waals surface area contributed by atoms with Gasteiger partial charge in [0.05, 0.1) is 23.0 Å². The van der Waals surface area contributed by atoms with Gasteiger partial charge in [0, 0.05) is 11.9 Å². The SMILES string of the molecule is Cc1ccccc1N1C(C)c2nc3occn3c2C12CCCCC2. The van der Waals surface area contributed by atoms with Crippen molar-refractivity contribution in [3.05, 3.63) is 53.7 Å². The van der Waals surface area contributed by atoms with Crippen LogP contribution in [0.5, 0.6) is 0 Å². The lowest BCUT2D eigenvalue weighted by atomic mass is 9.79. The van der Waals surface area contributed by atoms with Crippen molar-refractivity contribution in [1.82, 2.24) is 9.38 Å². The predicted molar refractivity (Wildman–Crippen MR) is 94.3 cm³/mol. The van der Waals surface area contributed by atoms with Gasteiger partial charge in [-0.2, -0.15) is 4.98 Å². The van der Waals surface area contributed by atoms with Crippen LogP contribution < -0.4 is 4.90 Å². The first-order valence-electron chi connectivity index (χ1n) is 9.03. The van der Waals surface area contributed by atoms with Gasteiger partial charge in [0.1, 0.15) is 6.26 Å². The minimum absolute atomic E-state index is 0.0441. The van der Waals surface area contributed by atoms with Crippen LogP contribution in [-0.2, 0) is 5.54 Å². The normalized spacial score (nSPS) is 22.4. The van der Waals surface area contributed by atoms with Crippen LogP contribution >= 0.6 is 0 Å². The molecule has 1 unspecified atom stereocenters. The minimum atomic E-state index is 0.0441. The topological polar surface area (TPSA) is 33.7 Å². The zero-order chi connectivity index (χ0) is 16.3. The smallest absolute Gasteiger partial charge is 0.306 e. The maximum Gasteiger partial charge on any atom is 0.306 e. The number of benzene rings is 1. The number of fused-ring (bicyclic) bond motifs is 4. The average molecular weight is 321 g/mol. The van der Waals surface area contributed by atoms with Gasteiger partial charge in [0.2, 0.25) is 0 Å². The maximum absolute atomic E-state index is 5.60. The number of imidazole rings is 1. The molecule has 0 saturated heterocycles. The van der Waals surface area contributed by atoms with E-state index in [1.807, 2.05) is 6.20 Å². The van der Waals surface area contributed by atoms with E-state index in [9.17, 15) is 0 Å². The molecule has 4 heteroatoms. The second-order valence-electron chi connectivity index (χ2n) is 7.33. The van der Waals surface area contributed by atoms with Crippen LogP contribution in [-0.4, -0.2) is 9.38 Å². The third kappa shape index (κ3) is 1.66. The summed E-state index contributed by atoms with van der Waals surface area (Å²) in [6.45, 7) is 4.51. The van der Waals surface area contributed by atoms with E-state index in [4.69, 9.17) is 9.40 Å². The molecule has 3 heterocycles. The van der Waals surface area contributed by atoms with Crippen LogP contribution in [0.2, 0.25) is 0 Å². The van der Waals surface area contributed by atoms with Gasteiger partial charge < -0.3 is 9.32 Å². The van der Waals surface area contributed by atoms with E-state index in [1.54, 1.807) is 6.26 Å². The molecule has 5 rings (SSSR count). The molecule has 124 valence electrons. The number of aromatic nitrogens is 2. The van der Waals surface area contributed by atoms with Gasteiger partial charge in [0.15, 0.2) is 0 Å². The van der Waals surface area contributed by atoms with Crippen LogP contribution in [0.25, 0.3) is 5.84 Å². The summed E-state index contributed by atoms with van der Waals surface area (Å²) in [5, 5.41) is 0. The number of hydrogen-bond acceptors (Lipinski definition) is 3. The van der Waals surface area contributed by atoms with E-state index >= 15 is 0 Å². The zero-order valence-electron chi connectivity index (χ0n) is 14.3. The third-order valence-electron chi connectivity index (χ3n) is 6.03. The van der Waals surface area contributed by atoms with Crippen LogP contribution in [0, 0.1) is 6.92 Å². The highest BCUT2D eigenvalue weighted by atomic mass is 16.3. The summed E-state index contributed by atoms with van der Waals surface area (Å²) in [7, 11) is 0. The Morgan fingerprint density at radius 2 is 1.96 bits per heavy atom. The van der Waals surface area contributed by atoms with Gasteiger partial charge in [-0.3, -0.25) is 4.40 Å². The number of nitrogens with zero attached hydrogens (tertiary/aromatic N) is 3. The second-order valence-corrected chi connectivity index (χ2v) is 7.33. The van der Waals surface area contributed by atoms with Crippen molar-refractivity contribution in [2.75, 3.05) is 4.90 Å². The average Bonchev–Trinajstić information content (AvgIpc) is 3.22. The van der Waals surface area contributed by atoms with Crippen molar-refractivity contribution in [2.24, 2.45) is 0 Å². The van der Waals surface area contributed by atoms with Gasteiger partial charge in [-0.25, -0.2) is 0 Å². The maximum atomic E-state index is 5.60. The lowest BCUT2D eigenvalue weighted by Gasteiger charge is -2.45. The summed E-state index contributed by atoms with van der Waals surface area (Å²) >= 11 is 0. The molecule has 2 aliphatic rings. The first kappa shape index (κ1) is 14.1. The Bertz CT molecular complexity index is 901. The lowest BCUT2D eigenvalue weighted by Crippen LogP contribution is -2.45. The van der Waals surface area contributed by atoms with Crippen molar-refractivity contribution in [2.45, 2.75) is 57.5 Å². The quantitative estimate of drug-likeness (QED) is 0.634. The Hall–Kier alpha value is -2.23. The van der Waals surface area contributed by atoms with Crippen molar-refractivity contribution in [3.63, 3.8) is 0 Å². The van der Waals surface area contributed by atoms with Gasteiger partial charge >= 0.3 is 5.84 Å². The Morgan fingerprint density at radius 1 is 1.17 bits per heavy atom. The molecule has 1 fully saturated rings. The van der Waals surface area contributed by atoms with E-state index in [0.717, 1.165) is 5.84 Å². The Morgan fingerprint density at radius 3 is 2.75 bits per heavy atom. The number of rotatable bonds is 1. The molecular weight excluding hydrogens is 298 g/mol. The molecule has 1 aliphatic heterocycles. The van der Waals surface area contributed by atoms with E-state index in [2.05, 4.69) is 47.4 Å². The summed E-state index contributed by atoms with van der Waals surface area (Å²) in [6, 6.07) is 9.04. The molecule has 4 nitrogen and oxygen atoms in total. The largest absolute Gasteiger partial charge is 0.432 e. The van der Waals surface area contributed by atoms with Crippen molar-refractivity contribution >= 4 is 11.5 Å². The summed E-state index contributed by atoms with van der Waals surface area (Å²) in [5.41, 5.74) is 5.29. The van der Waals surface area contributed by atoms with Crippen LogP contribution in [0.4, 0.5) is 5.69 Å². The molecule has 3 aromatic rings. The molecule has 1 saturated carbocycles. The standard InChI is InChI=1S/C20H23N3O/c1-14-8-4-5-9-16(14)23-15(2)17-18(20(23)10-6-3-7-11-20)22-12-13-24-19(22)21-17/h4-5,8-9,12-13,15H,3,6-7,10-11H2,1-2H3. The van der Waals surface area contributed by atoms with Crippen LogP contribution in [0.3, 0.4) is 0 Å². The molecule has 0 N–H and O–H groups in total. The van der Waals surface area contributed by atoms with E-state index in [-0.39, 0.29) is 11.6 Å². The summed E-state index contributed by atoms with van der Waals surface area (Å²) in [4.78, 5) is 7.50. The van der Waals surface area contributed by atoms with Gasteiger partial charge in [0.25, 0.3) is 0 Å². The molecule has 1 spiro atoms. The Labute approximate surface area is 142 Å². The van der Waals surface area contributed by atoms with Crippen LogP contribution in [0.15, 0.2) is 41.1 Å². The van der Waals surface area contributed by atoms with Gasteiger partial charge in [-0.15, -0.1) is 0 Å². The molecule has 0 amide bonds. The molecule has 0 radical (unpaired) electrons. The molecule has 1 atom stereocenters. The first-order chi connectivity index (χ1) is 11.7. The molecule has 0 bridgehead atoms. The number of aryl methyl sites for hydroxylation is 1. The Kier molecular flexibility index (Phi) is 2.88. The second kappa shape index (κ2) is 4.88. The molecule has 1 aliphatic carbocycles. The van der Waals surface area contributed by atoms with Crippen molar-refractivity contribution < 1.29 is 4.42 Å². The number of hydrogen-bond donors (Lipinski definition) is 0. The Balaban J connectivity index is 1.78. The van der Waals surface area contributed by atoms with Gasteiger partial charge in [-0.1, -0.05) is 37.5 Å². The fourth-order valence-electron chi connectivity index (χ4n) is 5.05. The van der Waals surface area contributed by atoms with E-state index in [0.29, 0.717) is 0 Å². The van der Waals surface area contributed by atoms with E-state index in [1.165, 1.54) is 54.7 Å². The molecule has 1 aromatic carbocycles. The van der Waals surface area contributed by atoms with Crippen molar-refractivity contribution in [3.8, 4) is 0 Å². The highest BCUT2D eigenvalue weighted by Crippen LogP contribution is 2.55. The number of para-hydroxylation sites is 1. The monoisotopic (exact) mass is 321 g/mol. The number of anilines is 1. The first-order valence-corrected chi connectivity index (χ1v) is 9.03. The highest BCUT2D eigenvalue weighted by Gasteiger charge is 2.52. The van der Waals surface area contributed by atoms with E-state index < -0.39 is 0 Å². The summed E-state index contributed by atoms with van der Waals surface area (Å²) in [6.07, 6.45) is 10.1. The molecule has 2 aromatic heterocycles. The third-order valence-corrected chi connectivity index (χ3v) is 6.03.